The molecule has 2 heterocycles. The number of benzene rings is 2. The minimum atomic E-state index is -0.272. The maximum atomic E-state index is 12.9. The summed E-state index contributed by atoms with van der Waals surface area (Å²) < 4.78 is 10.9. The number of halogens is 1. The molecule has 29 heavy (non-hydrogen) atoms. The van der Waals surface area contributed by atoms with Crippen molar-refractivity contribution in [1.82, 2.24) is 4.90 Å². The highest BCUT2D eigenvalue weighted by molar-refractivity contribution is 6.32. The van der Waals surface area contributed by atoms with Gasteiger partial charge >= 0.3 is 0 Å². The van der Waals surface area contributed by atoms with Crippen molar-refractivity contribution < 1.29 is 13.9 Å². The van der Waals surface area contributed by atoms with Gasteiger partial charge in [-0.2, -0.15) is 0 Å². The number of carbonyl (C=O) groups excluding carboxylic acids is 1. The first-order valence-electron chi connectivity index (χ1n) is 9.38. The lowest BCUT2D eigenvalue weighted by atomic mass is 10.1. The quantitative estimate of drug-likeness (QED) is 0.656. The second-order valence-electron chi connectivity index (χ2n) is 7.05. The molecule has 6 nitrogen and oxygen atoms in total. The Bertz CT molecular complexity index is 1120. The van der Waals surface area contributed by atoms with Crippen molar-refractivity contribution in [3.8, 4) is 5.75 Å². The summed E-state index contributed by atoms with van der Waals surface area (Å²) in [5.74, 6) is 0.596. The Hall–Kier alpha value is -2.99. The van der Waals surface area contributed by atoms with Crippen molar-refractivity contribution in [2.45, 2.75) is 6.92 Å². The standard InChI is InChI=1S/C22H21ClN2O4/c1-14-11-20-17(12-18(14)23)19(26)13-21(29-20)22(27)25-9-7-24(8-10-25)15-3-5-16(28-2)6-4-15/h3-6,11-13H,7-10H2,1-2H3. The van der Waals surface area contributed by atoms with Crippen LogP contribution in [0.25, 0.3) is 11.0 Å². The van der Waals surface area contributed by atoms with Crippen molar-refractivity contribution in [3.05, 3.63) is 69.0 Å². The zero-order valence-corrected chi connectivity index (χ0v) is 17.0. The highest BCUT2D eigenvalue weighted by atomic mass is 35.5. The van der Waals surface area contributed by atoms with E-state index in [1.54, 1.807) is 24.1 Å². The van der Waals surface area contributed by atoms with Crippen LogP contribution in [0.15, 0.2) is 51.7 Å². The van der Waals surface area contributed by atoms with Crippen LogP contribution in [0.1, 0.15) is 16.1 Å². The van der Waals surface area contributed by atoms with Crippen molar-refractivity contribution in [1.29, 1.82) is 0 Å². The molecule has 1 amide bonds. The Balaban J connectivity index is 1.50. The maximum absolute atomic E-state index is 12.9. The van der Waals surface area contributed by atoms with Gasteiger partial charge in [-0.1, -0.05) is 11.6 Å². The van der Waals surface area contributed by atoms with Crippen LogP contribution in [-0.4, -0.2) is 44.1 Å². The van der Waals surface area contributed by atoms with Crippen LogP contribution in [-0.2, 0) is 0 Å². The summed E-state index contributed by atoms with van der Waals surface area (Å²) in [4.78, 5) is 29.3. The van der Waals surface area contributed by atoms with E-state index in [1.165, 1.54) is 6.07 Å². The molecule has 0 spiro atoms. The lowest BCUT2D eigenvalue weighted by Crippen LogP contribution is -2.48. The van der Waals surface area contributed by atoms with Crippen LogP contribution < -0.4 is 15.1 Å². The second-order valence-corrected chi connectivity index (χ2v) is 7.46. The number of hydrogen-bond donors (Lipinski definition) is 0. The summed E-state index contributed by atoms with van der Waals surface area (Å²) in [6.45, 7) is 4.32. The van der Waals surface area contributed by atoms with Gasteiger partial charge in [-0.3, -0.25) is 9.59 Å². The Labute approximate surface area is 173 Å². The molecular weight excluding hydrogens is 392 g/mol. The van der Waals surface area contributed by atoms with Crippen molar-refractivity contribution in [2.75, 3.05) is 38.2 Å². The Kier molecular flexibility index (Phi) is 5.20. The molecule has 2 aromatic carbocycles. The highest BCUT2D eigenvalue weighted by Crippen LogP contribution is 2.24. The smallest absolute Gasteiger partial charge is 0.289 e. The third-order valence-corrected chi connectivity index (χ3v) is 5.63. The van der Waals surface area contributed by atoms with Crippen LogP contribution in [0.3, 0.4) is 0 Å². The summed E-state index contributed by atoms with van der Waals surface area (Å²) in [7, 11) is 1.64. The number of ether oxygens (including phenoxy) is 1. The average Bonchev–Trinajstić information content (AvgIpc) is 2.75. The van der Waals surface area contributed by atoms with E-state index in [9.17, 15) is 9.59 Å². The van der Waals surface area contributed by atoms with E-state index >= 15 is 0 Å². The van der Waals surface area contributed by atoms with Crippen molar-refractivity contribution in [2.24, 2.45) is 0 Å². The van der Waals surface area contributed by atoms with Gasteiger partial charge in [0.2, 0.25) is 0 Å². The van der Waals surface area contributed by atoms with Gasteiger partial charge in [0.1, 0.15) is 11.3 Å². The van der Waals surface area contributed by atoms with E-state index in [-0.39, 0.29) is 17.1 Å². The molecule has 0 atom stereocenters. The molecule has 0 radical (unpaired) electrons. The van der Waals surface area contributed by atoms with Crippen LogP contribution >= 0.6 is 11.6 Å². The third kappa shape index (κ3) is 3.80. The molecule has 7 heteroatoms. The number of rotatable bonds is 3. The molecule has 0 bridgehead atoms. The molecule has 1 aliphatic rings. The predicted octanol–water partition coefficient (Wildman–Crippen LogP) is 3.73. The summed E-state index contributed by atoms with van der Waals surface area (Å²) in [5, 5.41) is 0.875. The number of hydrogen-bond acceptors (Lipinski definition) is 5. The zero-order chi connectivity index (χ0) is 20.5. The summed E-state index contributed by atoms with van der Waals surface area (Å²) in [6.07, 6.45) is 0. The average molecular weight is 413 g/mol. The van der Waals surface area contributed by atoms with Gasteiger partial charge in [-0.15, -0.1) is 0 Å². The lowest BCUT2D eigenvalue weighted by Gasteiger charge is -2.35. The minimum Gasteiger partial charge on any atom is -0.497 e. The SMILES string of the molecule is COc1ccc(N2CCN(C(=O)c3cc(=O)c4cc(Cl)c(C)cc4o3)CC2)cc1. The van der Waals surface area contributed by atoms with E-state index in [1.807, 2.05) is 31.2 Å². The van der Waals surface area contributed by atoms with E-state index in [0.717, 1.165) is 17.0 Å². The normalized spacial score (nSPS) is 14.3. The van der Waals surface area contributed by atoms with Crippen molar-refractivity contribution in [3.63, 3.8) is 0 Å². The topological polar surface area (TPSA) is 63.0 Å². The van der Waals surface area contributed by atoms with Crippen LogP contribution in [0.2, 0.25) is 5.02 Å². The Morgan fingerprint density at radius 1 is 1.07 bits per heavy atom. The molecule has 0 N–H and O–H groups in total. The van der Waals surface area contributed by atoms with Gasteiger partial charge in [0.25, 0.3) is 5.91 Å². The molecule has 0 unspecified atom stereocenters. The fourth-order valence-corrected chi connectivity index (χ4v) is 3.66. The predicted molar refractivity (Wildman–Crippen MR) is 113 cm³/mol. The number of fused-ring (bicyclic) bond motifs is 1. The van der Waals surface area contributed by atoms with E-state index in [2.05, 4.69) is 4.90 Å². The first-order chi connectivity index (χ1) is 14.0. The van der Waals surface area contributed by atoms with Gasteiger partial charge in [-0.05, 0) is 48.9 Å². The largest absolute Gasteiger partial charge is 0.497 e. The number of nitrogens with zero attached hydrogens (tertiary/aromatic N) is 2. The number of carbonyl (C=O) groups is 1. The Morgan fingerprint density at radius 2 is 1.76 bits per heavy atom. The lowest BCUT2D eigenvalue weighted by molar-refractivity contribution is 0.0715. The molecule has 1 aromatic heterocycles. The van der Waals surface area contributed by atoms with Crippen LogP contribution in [0.4, 0.5) is 5.69 Å². The fourth-order valence-electron chi connectivity index (χ4n) is 3.50. The summed E-state index contributed by atoms with van der Waals surface area (Å²) in [6, 6.07) is 12.4. The third-order valence-electron chi connectivity index (χ3n) is 5.22. The maximum Gasteiger partial charge on any atom is 0.289 e. The minimum absolute atomic E-state index is 0.0575. The van der Waals surface area contributed by atoms with Gasteiger partial charge in [0.05, 0.1) is 12.5 Å². The molecular formula is C22H21ClN2O4. The first-order valence-corrected chi connectivity index (χ1v) is 9.76. The number of aryl methyl sites for hydroxylation is 1. The van der Waals surface area contributed by atoms with Crippen LogP contribution in [0.5, 0.6) is 5.75 Å². The number of piperazine rings is 1. The molecule has 1 saturated heterocycles. The van der Waals surface area contributed by atoms with Crippen LogP contribution in [0, 0.1) is 6.92 Å². The molecule has 4 rings (SSSR count). The number of amides is 1. The van der Waals surface area contributed by atoms with Gasteiger partial charge in [-0.25, -0.2) is 0 Å². The number of anilines is 1. The molecule has 1 aliphatic heterocycles. The molecule has 0 aliphatic carbocycles. The van der Waals surface area contributed by atoms with E-state index in [0.29, 0.717) is 42.2 Å². The van der Waals surface area contributed by atoms with Gasteiger partial charge in [0.15, 0.2) is 11.2 Å². The number of methoxy groups -OCH3 is 1. The molecule has 1 fully saturated rings. The van der Waals surface area contributed by atoms with E-state index < -0.39 is 0 Å². The molecule has 150 valence electrons. The summed E-state index contributed by atoms with van der Waals surface area (Å²) >= 11 is 6.10. The summed E-state index contributed by atoms with van der Waals surface area (Å²) in [5.41, 5.74) is 1.98. The fraction of sp³-hybridized carbons (Fsp3) is 0.273. The van der Waals surface area contributed by atoms with Crippen molar-refractivity contribution >= 4 is 34.2 Å². The van der Waals surface area contributed by atoms with Gasteiger partial charge in [0, 0.05) is 43.0 Å². The molecule has 3 aromatic rings. The zero-order valence-electron chi connectivity index (χ0n) is 16.3. The van der Waals surface area contributed by atoms with Gasteiger partial charge < -0.3 is 19.0 Å². The first kappa shape index (κ1) is 19.3. The van der Waals surface area contributed by atoms with E-state index in [4.69, 9.17) is 20.8 Å². The Morgan fingerprint density at radius 3 is 2.41 bits per heavy atom. The monoisotopic (exact) mass is 412 g/mol. The molecule has 0 saturated carbocycles. The highest BCUT2D eigenvalue weighted by Gasteiger charge is 2.25. The second kappa shape index (κ2) is 7.79.